The van der Waals surface area contributed by atoms with Gasteiger partial charge < -0.3 is 37.8 Å². The van der Waals surface area contributed by atoms with E-state index in [1.165, 1.54) is 7.11 Å². The Kier molecular flexibility index (Phi) is 22.3. The van der Waals surface area contributed by atoms with Gasteiger partial charge >= 0.3 is 5.97 Å². The highest BCUT2D eigenvalue weighted by Crippen LogP contribution is 2.38. The summed E-state index contributed by atoms with van der Waals surface area (Å²) in [6.45, 7) is 12.2. The number of hydroxylamine groups is 1. The molecule has 4 aliphatic heterocycles. The Balaban J connectivity index is 0.000000155. The van der Waals surface area contributed by atoms with Gasteiger partial charge in [0.05, 0.1) is 48.2 Å². The molecule has 4 fully saturated rings. The number of rotatable bonds is 10. The van der Waals surface area contributed by atoms with E-state index in [4.69, 9.17) is 47.4 Å². The number of nitrogens with zero attached hydrogens (tertiary/aromatic N) is 4. The zero-order valence-corrected chi connectivity index (χ0v) is 49.7. The number of methoxy groups -OCH3 is 1. The molecule has 3 N–H and O–H groups in total. The number of carbonyl (C=O) groups is 2. The van der Waals surface area contributed by atoms with Crippen molar-refractivity contribution in [3.63, 3.8) is 0 Å². The Bertz CT molecular complexity index is 3270. The van der Waals surface area contributed by atoms with Gasteiger partial charge in [0.1, 0.15) is 10.3 Å². The topological polar surface area (TPSA) is 215 Å². The predicted molar refractivity (Wildman–Crippen MR) is 316 cm³/mol. The number of carbonyl (C=O) groups excluding carboxylic acids is 2. The number of amides is 1. The molecule has 434 valence electrons. The number of pyridine rings is 5. The van der Waals surface area contributed by atoms with Gasteiger partial charge in [0.2, 0.25) is 5.56 Å². The third-order valence-electron chi connectivity index (χ3n) is 14.9. The minimum absolute atomic E-state index is 0.0544. The second kappa shape index (κ2) is 29.1. The second-order valence-corrected chi connectivity index (χ2v) is 22.6. The van der Waals surface area contributed by atoms with E-state index < -0.39 is 5.91 Å². The molecule has 5 aromatic heterocycles. The number of benzene rings is 2. The van der Waals surface area contributed by atoms with Crippen LogP contribution in [-0.2, 0) is 59.2 Å². The summed E-state index contributed by atoms with van der Waals surface area (Å²) in [6.07, 6.45) is 16.8. The number of H-pyrrole nitrogens is 1. The van der Waals surface area contributed by atoms with Gasteiger partial charge in [0, 0.05) is 85.6 Å². The first-order chi connectivity index (χ1) is 39.2. The maximum absolute atomic E-state index is 12.4. The van der Waals surface area contributed by atoms with Gasteiger partial charge in [-0.05, 0) is 179 Å². The fraction of sp³-hybridized carbons (Fsp3) is 0.371. The lowest BCUT2D eigenvalue weighted by molar-refractivity contribution is 0.0164. The van der Waals surface area contributed by atoms with E-state index in [2.05, 4.69) is 42.5 Å². The lowest BCUT2D eigenvalue weighted by atomic mass is 9.94. The summed E-state index contributed by atoms with van der Waals surface area (Å²) in [5.74, 6) is -0.930. The summed E-state index contributed by atoms with van der Waals surface area (Å²) in [4.78, 5) is 68.9. The van der Waals surface area contributed by atoms with Gasteiger partial charge in [0.25, 0.3) is 17.0 Å². The van der Waals surface area contributed by atoms with Crippen LogP contribution in [0.5, 0.6) is 0 Å². The monoisotopic (exact) mass is 1220 g/mol. The normalized spacial score (nSPS) is 21.5. The van der Waals surface area contributed by atoms with Crippen LogP contribution in [0.2, 0.25) is 10.3 Å². The zero-order chi connectivity index (χ0) is 58.9. The summed E-state index contributed by atoms with van der Waals surface area (Å²) in [7, 11) is 1.35. The number of halogens is 3. The molecule has 0 spiro atoms. The van der Waals surface area contributed by atoms with E-state index in [1.807, 2.05) is 69.3 Å². The van der Waals surface area contributed by atoms with Crippen LogP contribution in [0.3, 0.4) is 0 Å². The van der Waals surface area contributed by atoms with Crippen LogP contribution < -0.4 is 22.2 Å². The first-order valence-electron chi connectivity index (χ1n) is 27.0. The van der Waals surface area contributed by atoms with Crippen LogP contribution in [0.15, 0.2) is 159 Å². The number of esters is 1. The van der Waals surface area contributed by atoms with Crippen molar-refractivity contribution in [1.29, 1.82) is 0 Å². The Morgan fingerprint density at radius 2 is 1.01 bits per heavy atom. The molecule has 11 rings (SSSR count). The van der Waals surface area contributed by atoms with Gasteiger partial charge in [-0.3, -0.25) is 24.4 Å². The Labute approximate surface area is 495 Å². The molecule has 1 amide bonds. The maximum Gasteiger partial charge on any atom is 0.337 e. The van der Waals surface area contributed by atoms with Crippen molar-refractivity contribution in [1.82, 2.24) is 29.6 Å². The molecule has 2 aromatic carbocycles. The van der Waals surface area contributed by atoms with Gasteiger partial charge in [0.15, 0.2) is 0 Å². The van der Waals surface area contributed by atoms with Crippen LogP contribution >= 0.6 is 39.1 Å². The van der Waals surface area contributed by atoms with Gasteiger partial charge in [-0.25, -0.2) is 20.2 Å². The van der Waals surface area contributed by atoms with E-state index in [-0.39, 0.29) is 45.1 Å². The van der Waals surface area contributed by atoms with Gasteiger partial charge in [-0.1, -0.05) is 63.4 Å². The van der Waals surface area contributed by atoms with E-state index in [1.54, 1.807) is 106 Å². The van der Waals surface area contributed by atoms with Crippen molar-refractivity contribution in [2.45, 2.75) is 115 Å². The van der Waals surface area contributed by atoms with E-state index in [0.717, 1.165) is 116 Å². The molecule has 4 unspecified atom stereocenters. The number of hydrogen-bond donors (Lipinski definition) is 3. The average molecular weight is 1230 g/mol. The first-order valence-corrected chi connectivity index (χ1v) is 28.6. The van der Waals surface area contributed by atoms with E-state index in [0.29, 0.717) is 34.5 Å². The molecule has 0 aliphatic carbocycles. The standard InChI is InChI=1S/C19H21NO4.C18H20N2O4.C10H12ClNO.C10H13NO2.C5H3BrClN/c1-19(9-3-11-24-19)16-8-10-20(17(21)12-16)13-14-4-6-15(7-5-14)18(22)23-2;1-18(8-2-10-24-18)15-7-9-20(16(21)11-15)12-13-3-5-14(6-4-13)17(22)19-23;1-10(4-2-6-13-10)8-3-5-12-9(11)7-8;1-10(4-2-6-13-10)8-3-5-11-9(12)7-8;6-4-1-2-8-5(7)3-4/h4-8,10,12H,3,9,11,13H2,1-2H3;3-7,9,11,23H,2,8,10,12H2,1H3,(H,19,22);3,5,7H,2,4,6H2,1H3;3,5,7H,2,4,6H2,1H3,(H,11,12);1-3H. The highest BCUT2D eigenvalue weighted by atomic mass is 79.9. The Morgan fingerprint density at radius 1 is 0.598 bits per heavy atom. The third-order valence-corrected chi connectivity index (χ3v) is 15.8. The Hall–Kier alpha value is -6.61. The van der Waals surface area contributed by atoms with Crippen LogP contribution in [0, 0.1) is 0 Å². The van der Waals surface area contributed by atoms with Crippen molar-refractivity contribution < 1.29 is 38.5 Å². The summed E-state index contributed by atoms with van der Waals surface area (Å²) in [5.41, 5.74) is 6.94. The fourth-order valence-electron chi connectivity index (χ4n) is 9.93. The number of hydrogen-bond acceptors (Lipinski definition) is 13. The van der Waals surface area contributed by atoms with E-state index >= 15 is 0 Å². The molecule has 9 heterocycles. The number of nitrogens with one attached hydrogen (secondary N) is 2. The average Bonchev–Trinajstić information content (AvgIpc) is 4.38. The molecular weight excluding hydrogens is 1160 g/mol. The summed E-state index contributed by atoms with van der Waals surface area (Å²) >= 11 is 14.6. The molecule has 82 heavy (non-hydrogen) atoms. The largest absolute Gasteiger partial charge is 0.465 e. The molecule has 7 aromatic rings. The number of aromatic nitrogens is 5. The lowest BCUT2D eigenvalue weighted by Gasteiger charge is -2.23. The van der Waals surface area contributed by atoms with Crippen LogP contribution in [0.1, 0.15) is 133 Å². The SMILES string of the molecule is CC1(c2cc[nH]c(=O)c2)CCCO1.CC1(c2ccn(Cc3ccc(C(=O)NO)cc3)c(=O)c2)CCCO1.CC1(c2ccnc(Cl)c2)CCCO1.COC(=O)c1ccc(Cn2ccc(C3(C)CCCO3)cc2=O)cc1.Clc1cc(Br)ccn1. The number of aromatic amines is 1. The highest BCUT2D eigenvalue weighted by molar-refractivity contribution is 9.10. The molecule has 0 radical (unpaired) electrons. The lowest BCUT2D eigenvalue weighted by Crippen LogP contribution is -2.26. The first kappa shape index (κ1) is 63.0. The van der Waals surface area contributed by atoms with Crippen LogP contribution in [-0.4, -0.2) is 74.7 Å². The molecule has 4 atom stereocenters. The molecule has 17 nitrogen and oxygen atoms in total. The van der Waals surface area contributed by atoms with Crippen molar-refractivity contribution in [2.75, 3.05) is 33.5 Å². The highest BCUT2D eigenvalue weighted by Gasteiger charge is 2.35. The quantitative estimate of drug-likeness (QED) is 0.0503. The molecule has 0 bridgehead atoms. The van der Waals surface area contributed by atoms with E-state index in [9.17, 15) is 24.0 Å². The van der Waals surface area contributed by atoms with Crippen molar-refractivity contribution in [3.05, 3.63) is 231 Å². The molecule has 4 aliphatic rings. The minimum Gasteiger partial charge on any atom is -0.465 e. The van der Waals surface area contributed by atoms with Gasteiger partial charge in [-0.15, -0.1) is 0 Å². The third kappa shape index (κ3) is 17.2. The Morgan fingerprint density at radius 3 is 1.37 bits per heavy atom. The smallest absolute Gasteiger partial charge is 0.337 e. The molecule has 0 saturated carbocycles. The molecule has 4 saturated heterocycles. The molecular formula is C62H69BrCl2N6O11. The summed E-state index contributed by atoms with van der Waals surface area (Å²) in [5, 5.41) is 9.66. The summed E-state index contributed by atoms with van der Waals surface area (Å²) < 4.78 is 31.8. The van der Waals surface area contributed by atoms with Crippen molar-refractivity contribution >= 4 is 51.0 Å². The van der Waals surface area contributed by atoms with Crippen molar-refractivity contribution in [2.24, 2.45) is 0 Å². The van der Waals surface area contributed by atoms with Gasteiger partial charge in [-0.2, -0.15) is 0 Å². The van der Waals surface area contributed by atoms with Crippen molar-refractivity contribution in [3.8, 4) is 0 Å². The minimum atomic E-state index is -0.562. The predicted octanol–water partition coefficient (Wildman–Crippen LogP) is 11.4. The fourth-order valence-corrected chi connectivity index (χ4v) is 10.7. The molecule has 20 heteroatoms. The maximum atomic E-state index is 12.4. The second-order valence-electron chi connectivity index (χ2n) is 20.9. The number of ether oxygens (including phenoxy) is 5. The summed E-state index contributed by atoms with van der Waals surface area (Å²) in [6, 6.07) is 31.9. The van der Waals surface area contributed by atoms with Crippen LogP contribution in [0.25, 0.3) is 0 Å². The van der Waals surface area contributed by atoms with Crippen LogP contribution in [0.4, 0.5) is 0 Å². The zero-order valence-electron chi connectivity index (χ0n) is 46.6.